The number of furan rings is 1. The second-order valence-electron chi connectivity index (χ2n) is 6.31. The molecule has 1 aromatic carbocycles. The number of nitrogens with one attached hydrogen (secondary N) is 1. The van der Waals surface area contributed by atoms with E-state index in [1.165, 1.54) is 16.9 Å². The lowest BCUT2D eigenvalue weighted by Gasteiger charge is -2.17. The number of nitrogens with zero attached hydrogens (tertiary/aromatic N) is 2. The molecule has 28 heavy (non-hydrogen) atoms. The summed E-state index contributed by atoms with van der Waals surface area (Å²) in [5.74, 6) is 2.26. The molecule has 1 aliphatic heterocycles. The van der Waals surface area contributed by atoms with Crippen LogP contribution in [0.4, 0.5) is 5.69 Å². The van der Waals surface area contributed by atoms with E-state index >= 15 is 0 Å². The van der Waals surface area contributed by atoms with Crippen molar-refractivity contribution >= 4 is 55.1 Å². The molecule has 0 bridgehead atoms. The molecule has 140 valence electrons. The molecule has 0 amide bonds. The van der Waals surface area contributed by atoms with Crippen molar-refractivity contribution in [3.63, 3.8) is 0 Å². The van der Waals surface area contributed by atoms with Gasteiger partial charge in [-0.1, -0.05) is 41.7 Å². The molecule has 0 saturated carbocycles. The van der Waals surface area contributed by atoms with Gasteiger partial charge in [-0.3, -0.25) is 4.79 Å². The molecule has 0 saturated heterocycles. The van der Waals surface area contributed by atoms with Crippen molar-refractivity contribution < 1.29 is 4.42 Å². The first-order chi connectivity index (χ1) is 13.7. The summed E-state index contributed by atoms with van der Waals surface area (Å²) >= 11 is 4.81. The van der Waals surface area contributed by atoms with Gasteiger partial charge in [0.15, 0.2) is 0 Å². The Bertz CT molecular complexity index is 1240. The van der Waals surface area contributed by atoms with Gasteiger partial charge >= 0.3 is 0 Å². The zero-order valence-electron chi connectivity index (χ0n) is 14.8. The van der Waals surface area contributed by atoms with Crippen molar-refractivity contribution in [3.05, 3.63) is 69.8 Å². The summed E-state index contributed by atoms with van der Waals surface area (Å²) in [7, 11) is 0. The molecule has 4 aromatic rings. The maximum atomic E-state index is 12.8. The minimum atomic E-state index is -0.135. The highest BCUT2D eigenvalue weighted by molar-refractivity contribution is 8.38. The van der Waals surface area contributed by atoms with E-state index in [9.17, 15) is 4.79 Å². The number of hydrogen-bond acceptors (Lipinski definition) is 7. The smallest absolute Gasteiger partial charge is 0.260 e. The third-order valence-electron chi connectivity index (χ3n) is 4.47. The number of rotatable bonds is 3. The Labute approximate surface area is 173 Å². The van der Waals surface area contributed by atoms with E-state index in [-0.39, 0.29) is 10.8 Å². The van der Waals surface area contributed by atoms with Crippen LogP contribution in [0, 0.1) is 0 Å². The van der Waals surface area contributed by atoms with Gasteiger partial charge < -0.3 is 9.40 Å². The molecule has 0 aliphatic carbocycles. The number of aromatic amines is 1. The number of fused-ring (bicyclic) bond motifs is 2. The number of thioether (sulfide) groups is 2. The zero-order valence-corrected chi connectivity index (χ0v) is 17.3. The van der Waals surface area contributed by atoms with E-state index in [1.807, 2.05) is 42.6 Å². The van der Waals surface area contributed by atoms with E-state index in [0.717, 1.165) is 26.2 Å². The summed E-state index contributed by atoms with van der Waals surface area (Å²) in [6.07, 6.45) is 1.61. The van der Waals surface area contributed by atoms with E-state index < -0.39 is 0 Å². The Balaban J connectivity index is 1.45. The van der Waals surface area contributed by atoms with Gasteiger partial charge in [-0.05, 0) is 30.7 Å². The number of aromatic nitrogens is 2. The second-order valence-corrected chi connectivity index (χ2v) is 9.72. The fraction of sp³-hybridized carbons (Fsp3) is 0.150. The Kier molecular flexibility index (Phi) is 4.62. The lowest BCUT2D eigenvalue weighted by Crippen LogP contribution is -2.13. The van der Waals surface area contributed by atoms with Gasteiger partial charge in [0.25, 0.3) is 5.56 Å². The summed E-state index contributed by atoms with van der Waals surface area (Å²) < 4.78 is 6.45. The average molecular weight is 426 g/mol. The molecule has 3 aromatic heterocycles. The fourth-order valence-corrected chi connectivity index (χ4v) is 6.23. The number of para-hydroxylation sites is 1. The van der Waals surface area contributed by atoms with Crippen LogP contribution in [0.1, 0.15) is 23.6 Å². The van der Waals surface area contributed by atoms with Crippen molar-refractivity contribution in [1.29, 1.82) is 0 Å². The summed E-state index contributed by atoms with van der Waals surface area (Å²) in [6.45, 7) is 2.04. The number of hydrogen-bond donors (Lipinski definition) is 1. The number of thiophene rings is 1. The second kappa shape index (κ2) is 7.27. The van der Waals surface area contributed by atoms with Crippen LogP contribution in [0.25, 0.3) is 21.5 Å². The summed E-state index contributed by atoms with van der Waals surface area (Å²) in [5.41, 5.74) is 2.92. The lowest BCUT2D eigenvalue weighted by molar-refractivity contribution is 0.583. The summed E-state index contributed by atoms with van der Waals surface area (Å²) in [4.78, 5) is 25.9. The Morgan fingerprint density at radius 1 is 1.25 bits per heavy atom. The van der Waals surface area contributed by atoms with Gasteiger partial charge in [-0.15, -0.1) is 11.3 Å². The van der Waals surface area contributed by atoms with Gasteiger partial charge in [0, 0.05) is 16.7 Å². The lowest BCUT2D eigenvalue weighted by atomic mass is 10.2. The van der Waals surface area contributed by atoms with Crippen molar-refractivity contribution in [2.45, 2.75) is 17.9 Å². The molecule has 5 nitrogen and oxygen atoms in total. The number of aliphatic imine (C=N–C) groups is 1. The molecule has 5 rings (SSSR count). The van der Waals surface area contributed by atoms with Crippen LogP contribution in [0.15, 0.2) is 62.2 Å². The maximum absolute atomic E-state index is 12.8. The highest BCUT2D eigenvalue weighted by Crippen LogP contribution is 2.39. The maximum Gasteiger partial charge on any atom is 0.260 e. The van der Waals surface area contributed by atoms with Crippen LogP contribution in [0.2, 0.25) is 0 Å². The summed E-state index contributed by atoms with van der Waals surface area (Å²) in [5, 5.41) is 2.49. The average Bonchev–Trinajstić information content (AvgIpc) is 3.37. The first-order valence-electron chi connectivity index (χ1n) is 8.70. The standard InChI is InChI=1S/C20H15N3O2S3/c1-11(28-20-21-14-6-3-2-5-12(14)9-27-20)17-22-18(24)16-13(10-26-19(16)23-17)15-7-4-8-25-15/h2-8,10-11H,9H2,1H3,(H,22,23,24). The van der Waals surface area contributed by atoms with Crippen LogP contribution in [-0.2, 0) is 5.75 Å². The van der Waals surface area contributed by atoms with Gasteiger partial charge in [0.2, 0.25) is 0 Å². The topological polar surface area (TPSA) is 71.2 Å². The van der Waals surface area contributed by atoms with Crippen LogP contribution in [-0.4, -0.2) is 14.3 Å². The van der Waals surface area contributed by atoms with Crippen LogP contribution < -0.4 is 5.56 Å². The van der Waals surface area contributed by atoms with Crippen molar-refractivity contribution in [2.24, 2.45) is 4.99 Å². The van der Waals surface area contributed by atoms with E-state index in [2.05, 4.69) is 11.1 Å². The quantitative estimate of drug-likeness (QED) is 0.438. The highest BCUT2D eigenvalue weighted by Gasteiger charge is 2.20. The van der Waals surface area contributed by atoms with Crippen LogP contribution in [0.3, 0.4) is 0 Å². The summed E-state index contributed by atoms with van der Waals surface area (Å²) in [6, 6.07) is 11.9. The molecule has 0 radical (unpaired) electrons. The zero-order chi connectivity index (χ0) is 19.1. The first kappa shape index (κ1) is 17.8. The SMILES string of the molecule is CC(SC1=Nc2ccccc2CS1)c1nc2scc(-c3ccco3)c2c(=O)[nH]1. The largest absolute Gasteiger partial charge is 0.464 e. The van der Waals surface area contributed by atoms with Crippen molar-refractivity contribution in [3.8, 4) is 11.3 Å². The van der Waals surface area contributed by atoms with Gasteiger partial charge in [-0.2, -0.15) is 0 Å². The molecule has 8 heteroatoms. The van der Waals surface area contributed by atoms with Crippen molar-refractivity contribution in [2.75, 3.05) is 0 Å². The first-order valence-corrected chi connectivity index (χ1v) is 11.4. The molecule has 1 aliphatic rings. The molecule has 1 atom stereocenters. The molecule has 1 unspecified atom stereocenters. The predicted octanol–water partition coefficient (Wildman–Crippen LogP) is 5.97. The minimum Gasteiger partial charge on any atom is -0.464 e. The van der Waals surface area contributed by atoms with Crippen molar-refractivity contribution in [1.82, 2.24) is 9.97 Å². The van der Waals surface area contributed by atoms with Crippen LogP contribution >= 0.6 is 34.9 Å². The Morgan fingerprint density at radius 2 is 2.14 bits per heavy atom. The molecular formula is C20H15N3O2S3. The number of benzene rings is 1. The van der Waals surface area contributed by atoms with E-state index in [0.29, 0.717) is 17.0 Å². The Morgan fingerprint density at radius 3 is 3.00 bits per heavy atom. The highest BCUT2D eigenvalue weighted by atomic mass is 32.2. The molecular weight excluding hydrogens is 410 g/mol. The van der Waals surface area contributed by atoms with Gasteiger partial charge in [0.05, 0.1) is 22.6 Å². The third kappa shape index (κ3) is 3.21. The molecule has 0 fully saturated rings. The van der Waals surface area contributed by atoms with E-state index in [1.54, 1.807) is 29.8 Å². The molecule has 4 heterocycles. The predicted molar refractivity (Wildman–Crippen MR) is 119 cm³/mol. The fourth-order valence-electron chi connectivity index (χ4n) is 3.05. The van der Waals surface area contributed by atoms with Crippen LogP contribution in [0.5, 0.6) is 0 Å². The third-order valence-corrected chi connectivity index (χ3v) is 7.64. The molecule has 0 spiro atoms. The normalized spacial score (nSPS) is 14.7. The minimum absolute atomic E-state index is 0.0113. The molecule has 1 N–H and O–H groups in total. The van der Waals surface area contributed by atoms with E-state index in [4.69, 9.17) is 14.4 Å². The van der Waals surface area contributed by atoms with Gasteiger partial charge in [0.1, 0.15) is 20.8 Å². The Hall–Kier alpha value is -2.29. The number of H-pyrrole nitrogens is 1. The van der Waals surface area contributed by atoms with Gasteiger partial charge in [-0.25, -0.2) is 9.98 Å². The monoisotopic (exact) mass is 425 g/mol.